The van der Waals surface area contributed by atoms with Gasteiger partial charge in [0, 0.05) is 24.2 Å². The Bertz CT molecular complexity index is 816. The van der Waals surface area contributed by atoms with Crippen LogP contribution in [0, 0.1) is 11.6 Å². The van der Waals surface area contributed by atoms with Crippen molar-refractivity contribution in [1.82, 2.24) is 5.43 Å². The van der Waals surface area contributed by atoms with Crippen LogP contribution in [0.3, 0.4) is 0 Å². The zero-order valence-electron chi connectivity index (χ0n) is 14.3. The second-order valence-electron chi connectivity index (χ2n) is 5.91. The average molecular weight is 359 g/mol. The van der Waals surface area contributed by atoms with Crippen molar-refractivity contribution in [2.24, 2.45) is 5.10 Å². The van der Waals surface area contributed by atoms with Crippen LogP contribution >= 0.6 is 0 Å². The maximum absolute atomic E-state index is 14.4. The molecule has 0 aromatic heterocycles. The quantitative estimate of drug-likeness (QED) is 0.675. The number of morpholine rings is 1. The zero-order chi connectivity index (χ0) is 18.5. The molecule has 0 aliphatic carbocycles. The van der Waals surface area contributed by atoms with Crippen LogP contribution in [0.25, 0.3) is 0 Å². The predicted octanol–water partition coefficient (Wildman–Crippen LogP) is 2.96. The van der Waals surface area contributed by atoms with Gasteiger partial charge in [0.25, 0.3) is 5.91 Å². The number of halogens is 2. The number of hydrazone groups is 1. The van der Waals surface area contributed by atoms with E-state index >= 15 is 0 Å². The first-order chi connectivity index (χ1) is 12.5. The fourth-order valence-corrected chi connectivity index (χ4v) is 2.66. The monoisotopic (exact) mass is 359 g/mol. The molecule has 26 heavy (non-hydrogen) atoms. The Balaban J connectivity index is 1.69. The molecule has 1 aliphatic rings. The van der Waals surface area contributed by atoms with E-state index in [1.807, 2.05) is 4.90 Å². The fourth-order valence-electron chi connectivity index (χ4n) is 2.66. The molecule has 1 saturated heterocycles. The molecule has 0 atom stereocenters. The highest BCUT2D eigenvalue weighted by Gasteiger charge is 2.16. The van der Waals surface area contributed by atoms with Gasteiger partial charge in [0.2, 0.25) is 0 Å². The molecule has 0 saturated carbocycles. The van der Waals surface area contributed by atoms with Crippen molar-refractivity contribution in [1.29, 1.82) is 0 Å². The van der Waals surface area contributed by atoms with Crippen LogP contribution in [0.5, 0.6) is 0 Å². The lowest BCUT2D eigenvalue weighted by Crippen LogP contribution is -2.36. The molecule has 1 amide bonds. The molecular formula is C19H19F2N3O2. The molecule has 2 aromatic carbocycles. The van der Waals surface area contributed by atoms with E-state index in [0.29, 0.717) is 43.3 Å². The van der Waals surface area contributed by atoms with E-state index in [1.165, 1.54) is 30.3 Å². The molecule has 0 spiro atoms. The van der Waals surface area contributed by atoms with Crippen LogP contribution in [-0.4, -0.2) is 37.9 Å². The van der Waals surface area contributed by atoms with Gasteiger partial charge in [-0.05, 0) is 43.3 Å². The van der Waals surface area contributed by atoms with Gasteiger partial charge in [-0.3, -0.25) is 4.79 Å². The summed E-state index contributed by atoms with van der Waals surface area (Å²) >= 11 is 0. The third kappa shape index (κ3) is 4.23. The zero-order valence-corrected chi connectivity index (χ0v) is 14.3. The Morgan fingerprint density at radius 1 is 1.08 bits per heavy atom. The SMILES string of the molecule is C/C(=N/NC(=O)c1ccc(F)cc1)c1ccc(N2CCOCC2)c(F)c1. The largest absolute Gasteiger partial charge is 0.378 e. The number of carbonyl (C=O) groups excluding carboxylic acids is 1. The lowest BCUT2D eigenvalue weighted by Gasteiger charge is -2.29. The molecule has 0 radical (unpaired) electrons. The number of hydrogen-bond donors (Lipinski definition) is 1. The molecule has 1 heterocycles. The number of benzene rings is 2. The summed E-state index contributed by atoms with van der Waals surface area (Å²) in [7, 11) is 0. The van der Waals surface area contributed by atoms with Gasteiger partial charge in [-0.25, -0.2) is 14.2 Å². The third-order valence-corrected chi connectivity index (χ3v) is 4.15. The number of carbonyl (C=O) groups is 1. The predicted molar refractivity (Wildman–Crippen MR) is 95.5 cm³/mol. The van der Waals surface area contributed by atoms with Crippen molar-refractivity contribution in [2.75, 3.05) is 31.2 Å². The second-order valence-corrected chi connectivity index (χ2v) is 5.91. The smallest absolute Gasteiger partial charge is 0.271 e. The standard InChI is InChI=1S/C19H19F2N3O2/c1-13(22-23-19(25)14-2-5-16(20)6-3-14)15-4-7-18(17(21)12-15)24-8-10-26-11-9-24/h2-7,12H,8-11H2,1H3,(H,23,25)/b22-13-. The highest BCUT2D eigenvalue weighted by atomic mass is 19.1. The minimum absolute atomic E-state index is 0.289. The Morgan fingerprint density at radius 2 is 1.73 bits per heavy atom. The van der Waals surface area contributed by atoms with E-state index in [0.717, 1.165) is 0 Å². The van der Waals surface area contributed by atoms with Gasteiger partial charge >= 0.3 is 0 Å². The van der Waals surface area contributed by atoms with E-state index in [-0.39, 0.29) is 11.4 Å². The topological polar surface area (TPSA) is 53.9 Å². The van der Waals surface area contributed by atoms with Crippen LogP contribution in [0.1, 0.15) is 22.8 Å². The number of nitrogens with one attached hydrogen (secondary N) is 1. The normalized spacial score (nSPS) is 15.0. The van der Waals surface area contributed by atoms with Crippen molar-refractivity contribution >= 4 is 17.3 Å². The maximum Gasteiger partial charge on any atom is 0.271 e. The number of ether oxygens (including phenoxy) is 1. The van der Waals surface area contributed by atoms with Crippen LogP contribution < -0.4 is 10.3 Å². The van der Waals surface area contributed by atoms with E-state index < -0.39 is 11.7 Å². The summed E-state index contributed by atoms with van der Waals surface area (Å²) in [4.78, 5) is 13.9. The lowest BCUT2D eigenvalue weighted by molar-refractivity contribution is 0.0955. The lowest BCUT2D eigenvalue weighted by atomic mass is 10.1. The Hall–Kier alpha value is -2.80. The first-order valence-corrected chi connectivity index (χ1v) is 8.27. The van der Waals surface area contributed by atoms with Crippen LogP contribution in [0.4, 0.5) is 14.5 Å². The Morgan fingerprint density at radius 3 is 2.38 bits per heavy atom. The molecule has 3 rings (SSSR count). The minimum Gasteiger partial charge on any atom is -0.378 e. The number of rotatable bonds is 4. The number of anilines is 1. The maximum atomic E-state index is 14.4. The third-order valence-electron chi connectivity index (χ3n) is 4.15. The molecule has 1 fully saturated rings. The first-order valence-electron chi connectivity index (χ1n) is 8.27. The molecule has 2 aromatic rings. The van der Waals surface area contributed by atoms with Gasteiger partial charge in [-0.1, -0.05) is 6.07 Å². The van der Waals surface area contributed by atoms with Crippen LogP contribution in [0.15, 0.2) is 47.6 Å². The van der Waals surface area contributed by atoms with Crippen LogP contribution in [-0.2, 0) is 4.74 Å². The Kier molecular flexibility index (Phi) is 5.58. The van der Waals surface area contributed by atoms with Gasteiger partial charge in [-0.2, -0.15) is 5.10 Å². The van der Waals surface area contributed by atoms with Crippen molar-refractivity contribution in [3.63, 3.8) is 0 Å². The molecule has 0 unspecified atom stereocenters. The summed E-state index contributed by atoms with van der Waals surface area (Å²) in [6, 6.07) is 10.00. The summed E-state index contributed by atoms with van der Waals surface area (Å²) < 4.78 is 32.6. The number of amides is 1. The number of hydrogen-bond acceptors (Lipinski definition) is 4. The van der Waals surface area contributed by atoms with E-state index in [9.17, 15) is 13.6 Å². The van der Waals surface area contributed by atoms with Gasteiger partial charge in [-0.15, -0.1) is 0 Å². The molecule has 1 aliphatic heterocycles. The second kappa shape index (κ2) is 8.05. The van der Waals surface area contributed by atoms with Crippen molar-refractivity contribution in [2.45, 2.75) is 6.92 Å². The molecule has 136 valence electrons. The van der Waals surface area contributed by atoms with Crippen LogP contribution in [0.2, 0.25) is 0 Å². The molecular weight excluding hydrogens is 340 g/mol. The number of nitrogens with zero attached hydrogens (tertiary/aromatic N) is 2. The highest BCUT2D eigenvalue weighted by Crippen LogP contribution is 2.22. The van der Waals surface area contributed by atoms with Gasteiger partial charge < -0.3 is 9.64 Å². The summed E-state index contributed by atoms with van der Waals surface area (Å²) in [6.07, 6.45) is 0. The summed E-state index contributed by atoms with van der Waals surface area (Å²) in [5.41, 5.74) is 4.24. The minimum atomic E-state index is -0.463. The van der Waals surface area contributed by atoms with Gasteiger partial charge in [0.05, 0.1) is 24.6 Å². The molecule has 7 heteroatoms. The first kappa shape index (κ1) is 18.0. The summed E-state index contributed by atoms with van der Waals surface area (Å²) in [5.74, 6) is -1.23. The highest BCUT2D eigenvalue weighted by molar-refractivity contribution is 6.01. The van der Waals surface area contributed by atoms with Gasteiger partial charge in [0.1, 0.15) is 11.6 Å². The molecule has 5 nitrogen and oxygen atoms in total. The van der Waals surface area contributed by atoms with Gasteiger partial charge in [0.15, 0.2) is 0 Å². The molecule has 1 N–H and O–H groups in total. The average Bonchev–Trinajstić information content (AvgIpc) is 2.67. The van der Waals surface area contributed by atoms with Crippen molar-refractivity contribution in [3.05, 3.63) is 65.2 Å². The Labute approximate surface area is 150 Å². The van der Waals surface area contributed by atoms with Crippen molar-refractivity contribution < 1.29 is 18.3 Å². The summed E-state index contributed by atoms with van der Waals surface area (Å²) in [5, 5.41) is 4.00. The molecule has 0 bridgehead atoms. The fraction of sp³-hybridized carbons (Fsp3) is 0.263. The van der Waals surface area contributed by atoms with E-state index in [4.69, 9.17) is 4.74 Å². The van der Waals surface area contributed by atoms with E-state index in [1.54, 1.807) is 19.1 Å². The summed E-state index contributed by atoms with van der Waals surface area (Å²) in [6.45, 7) is 4.14. The van der Waals surface area contributed by atoms with E-state index in [2.05, 4.69) is 10.5 Å². The van der Waals surface area contributed by atoms with Crippen molar-refractivity contribution in [3.8, 4) is 0 Å².